The Morgan fingerprint density at radius 2 is 1.56 bits per heavy atom. The van der Waals surface area contributed by atoms with Crippen LogP contribution in [-0.4, -0.2) is 44.7 Å². The molecular formula is C12H29N5O. The number of carbonyl (C=O) groups excluding carboxylic acids is 1. The van der Waals surface area contributed by atoms with Crippen molar-refractivity contribution in [3.8, 4) is 0 Å². The van der Waals surface area contributed by atoms with Crippen LogP contribution in [0.3, 0.4) is 0 Å². The van der Waals surface area contributed by atoms with E-state index in [9.17, 15) is 4.79 Å². The minimum absolute atomic E-state index is 0.0699. The SMILES string of the molecule is NCCCNCCCCNC(=O)[C@@H](N)CCCN. The largest absolute Gasteiger partial charge is 0.355 e. The van der Waals surface area contributed by atoms with Crippen LogP contribution in [0, 0.1) is 0 Å². The Morgan fingerprint density at radius 1 is 0.944 bits per heavy atom. The van der Waals surface area contributed by atoms with Crippen LogP contribution < -0.4 is 27.8 Å². The van der Waals surface area contributed by atoms with E-state index < -0.39 is 6.04 Å². The molecule has 0 saturated heterocycles. The second-order valence-electron chi connectivity index (χ2n) is 4.43. The molecule has 0 rings (SSSR count). The number of hydrogen-bond acceptors (Lipinski definition) is 5. The molecule has 0 spiro atoms. The number of nitrogens with one attached hydrogen (secondary N) is 2. The topological polar surface area (TPSA) is 119 Å². The van der Waals surface area contributed by atoms with Gasteiger partial charge >= 0.3 is 0 Å². The number of unbranched alkanes of at least 4 members (excludes halogenated alkanes) is 1. The van der Waals surface area contributed by atoms with E-state index in [0.29, 0.717) is 19.5 Å². The molecule has 6 nitrogen and oxygen atoms in total. The molecule has 0 aliphatic heterocycles. The molecule has 0 unspecified atom stereocenters. The maximum atomic E-state index is 11.5. The van der Waals surface area contributed by atoms with Crippen LogP contribution in [0.25, 0.3) is 0 Å². The van der Waals surface area contributed by atoms with E-state index in [1.54, 1.807) is 0 Å². The van der Waals surface area contributed by atoms with Gasteiger partial charge in [-0.3, -0.25) is 4.79 Å². The van der Waals surface area contributed by atoms with E-state index in [1.165, 1.54) is 0 Å². The number of hydrogen-bond donors (Lipinski definition) is 5. The van der Waals surface area contributed by atoms with Gasteiger partial charge in [0.05, 0.1) is 6.04 Å². The van der Waals surface area contributed by atoms with Crippen molar-refractivity contribution in [2.24, 2.45) is 17.2 Å². The summed E-state index contributed by atoms with van der Waals surface area (Å²) in [6.45, 7) is 3.93. The van der Waals surface area contributed by atoms with Crippen molar-refractivity contribution in [1.29, 1.82) is 0 Å². The first kappa shape index (κ1) is 17.3. The first-order chi connectivity index (χ1) is 8.72. The Labute approximate surface area is 110 Å². The number of rotatable bonds is 12. The molecule has 0 saturated carbocycles. The van der Waals surface area contributed by atoms with E-state index in [1.807, 2.05) is 0 Å². The zero-order valence-electron chi connectivity index (χ0n) is 11.3. The Morgan fingerprint density at radius 3 is 2.22 bits per heavy atom. The summed E-state index contributed by atoms with van der Waals surface area (Å²) in [4.78, 5) is 11.5. The highest BCUT2D eigenvalue weighted by molar-refractivity contribution is 5.81. The summed E-state index contributed by atoms with van der Waals surface area (Å²) < 4.78 is 0. The van der Waals surface area contributed by atoms with Crippen molar-refractivity contribution in [2.45, 2.75) is 38.1 Å². The average molecular weight is 259 g/mol. The maximum Gasteiger partial charge on any atom is 0.236 e. The number of amides is 1. The van der Waals surface area contributed by atoms with Gasteiger partial charge in [0.1, 0.15) is 0 Å². The lowest BCUT2D eigenvalue weighted by Gasteiger charge is -2.11. The molecule has 0 aromatic carbocycles. The van der Waals surface area contributed by atoms with E-state index in [-0.39, 0.29) is 5.91 Å². The van der Waals surface area contributed by atoms with Crippen molar-refractivity contribution in [1.82, 2.24) is 10.6 Å². The molecule has 0 aromatic heterocycles. The monoisotopic (exact) mass is 259 g/mol. The average Bonchev–Trinajstić information content (AvgIpc) is 2.38. The maximum absolute atomic E-state index is 11.5. The van der Waals surface area contributed by atoms with Gasteiger partial charge in [0.2, 0.25) is 5.91 Å². The van der Waals surface area contributed by atoms with Gasteiger partial charge in [-0.25, -0.2) is 0 Å². The third kappa shape index (κ3) is 10.5. The molecule has 0 fully saturated rings. The molecule has 1 atom stereocenters. The Kier molecular flexibility index (Phi) is 12.3. The zero-order chi connectivity index (χ0) is 13.6. The molecule has 18 heavy (non-hydrogen) atoms. The minimum Gasteiger partial charge on any atom is -0.355 e. The van der Waals surface area contributed by atoms with Gasteiger partial charge in [-0.15, -0.1) is 0 Å². The van der Waals surface area contributed by atoms with Crippen molar-refractivity contribution >= 4 is 5.91 Å². The highest BCUT2D eigenvalue weighted by Crippen LogP contribution is 1.93. The molecule has 0 heterocycles. The summed E-state index contributed by atoms with van der Waals surface area (Å²) in [5.74, 6) is -0.0699. The summed E-state index contributed by atoms with van der Waals surface area (Å²) in [5.41, 5.74) is 16.5. The van der Waals surface area contributed by atoms with Gasteiger partial charge in [0, 0.05) is 6.54 Å². The van der Waals surface area contributed by atoms with Gasteiger partial charge in [-0.05, 0) is 58.3 Å². The standard InChI is InChI=1S/C12H29N5O/c13-6-3-5-11(15)12(18)17-10-2-1-8-16-9-4-7-14/h11,16H,1-10,13-15H2,(H,17,18)/t11-/m0/s1. The van der Waals surface area contributed by atoms with Gasteiger partial charge < -0.3 is 27.8 Å². The van der Waals surface area contributed by atoms with Crippen molar-refractivity contribution in [2.75, 3.05) is 32.7 Å². The fourth-order valence-corrected chi connectivity index (χ4v) is 1.54. The van der Waals surface area contributed by atoms with E-state index in [2.05, 4.69) is 10.6 Å². The third-order valence-corrected chi connectivity index (χ3v) is 2.69. The molecule has 6 heteroatoms. The first-order valence-corrected chi connectivity index (χ1v) is 6.86. The van der Waals surface area contributed by atoms with Crippen molar-refractivity contribution < 1.29 is 4.79 Å². The van der Waals surface area contributed by atoms with Crippen LogP contribution in [0.15, 0.2) is 0 Å². The van der Waals surface area contributed by atoms with Crippen LogP contribution in [-0.2, 0) is 4.79 Å². The molecule has 0 aliphatic rings. The lowest BCUT2D eigenvalue weighted by Crippen LogP contribution is -2.41. The Hall–Kier alpha value is -0.690. The predicted octanol–water partition coefficient (Wildman–Crippen LogP) is -1.11. The second-order valence-corrected chi connectivity index (χ2v) is 4.43. The Balaban J connectivity index is 3.29. The van der Waals surface area contributed by atoms with Gasteiger partial charge in [-0.1, -0.05) is 0 Å². The number of carbonyl (C=O) groups is 1. The summed E-state index contributed by atoms with van der Waals surface area (Å²) in [6.07, 6.45) is 4.46. The minimum atomic E-state index is -0.420. The zero-order valence-corrected chi connectivity index (χ0v) is 11.3. The smallest absolute Gasteiger partial charge is 0.236 e. The molecular weight excluding hydrogens is 230 g/mol. The summed E-state index contributed by atoms with van der Waals surface area (Å²) in [6, 6.07) is -0.420. The van der Waals surface area contributed by atoms with Crippen molar-refractivity contribution in [3.63, 3.8) is 0 Å². The Bertz CT molecular complexity index is 201. The molecule has 8 N–H and O–H groups in total. The molecule has 0 radical (unpaired) electrons. The molecule has 0 aliphatic carbocycles. The molecule has 0 bridgehead atoms. The van der Waals surface area contributed by atoms with Crippen LogP contribution >= 0.6 is 0 Å². The molecule has 0 aromatic rings. The lowest BCUT2D eigenvalue weighted by atomic mass is 10.1. The van der Waals surface area contributed by atoms with Crippen LogP contribution in [0.5, 0.6) is 0 Å². The predicted molar refractivity (Wildman–Crippen MR) is 75.0 cm³/mol. The van der Waals surface area contributed by atoms with E-state index in [4.69, 9.17) is 17.2 Å². The van der Waals surface area contributed by atoms with Crippen LogP contribution in [0.1, 0.15) is 32.1 Å². The third-order valence-electron chi connectivity index (χ3n) is 2.69. The quantitative estimate of drug-likeness (QED) is 0.285. The first-order valence-electron chi connectivity index (χ1n) is 6.86. The van der Waals surface area contributed by atoms with Gasteiger partial charge in [0.25, 0.3) is 0 Å². The highest BCUT2D eigenvalue weighted by atomic mass is 16.2. The number of nitrogens with two attached hydrogens (primary N) is 3. The van der Waals surface area contributed by atoms with Gasteiger partial charge in [0.15, 0.2) is 0 Å². The molecule has 108 valence electrons. The fraction of sp³-hybridized carbons (Fsp3) is 0.917. The lowest BCUT2D eigenvalue weighted by molar-refractivity contribution is -0.122. The van der Waals surface area contributed by atoms with Crippen LogP contribution in [0.2, 0.25) is 0 Å². The van der Waals surface area contributed by atoms with Crippen molar-refractivity contribution in [3.05, 3.63) is 0 Å². The van der Waals surface area contributed by atoms with E-state index >= 15 is 0 Å². The van der Waals surface area contributed by atoms with Crippen LogP contribution in [0.4, 0.5) is 0 Å². The molecule has 1 amide bonds. The van der Waals surface area contributed by atoms with Gasteiger partial charge in [-0.2, -0.15) is 0 Å². The normalized spacial score (nSPS) is 12.4. The van der Waals surface area contributed by atoms with E-state index in [0.717, 1.165) is 45.3 Å². The second kappa shape index (κ2) is 12.8. The highest BCUT2D eigenvalue weighted by Gasteiger charge is 2.11. The summed E-state index contributed by atoms with van der Waals surface area (Å²) in [5, 5.41) is 6.13. The fourth-order valence-electron chi connectivity index (χ4n) is 1.54. The summed E-state index contributed by atoms with van der Waals surface area (Å²) >= 11 is 0. The summed E-state index contributed by atoms with van der Waals surface area (Å²) in [7, 11) is 0.